The maximum atomic E-state index is 4.19. The van der Waals surface area contributed by atoms with Gasteiger partial charge in [-0.1, -0.05) is 83.2 Å². The standard InChI is InChI=1S/C24H17Br/c1-3-20-15(2)17-8-4-6-10-21(17)24(20)22-11-7-5-9-18(22)19-13-12-16(25)14-23(19)24/h3-14H,1H2,2H3. The van der Waals surface area contributed by atoms with Crippen molar-refractivity contribution in [2.45, 2.75) is 12.3 Å². The van der Waals surface area contributed by atoms with E-state index in [1.807, 2.05) is 0 Å². The van der Waals surface area contributed by atoms with Crippen LogP contribution in [-0.4, -0.2) is 0 Å². The summed E-state index contributed by atoms with van der Waals surface area (Å²) in [6.07, 6.45) is 2.06. The van der Waals surface area contributed by atoms with E-state index in [1.165, 1.54) is 44.5 Å². The zero-order valence-electron chi connectivity index (χ0n) is 14.0. The Morgan fingerprint density at radius 2 is 1.40 bits per heavy atom. The van der Waals surface area contributed by atoms with Gasteiger partial charge in [-0.3, -0.25) is 0 Å². The molecule has 0 aromatic heterocycles. The van der Waals surface area contributed by atoms with E-state index in [9.17, 15) is 0 Å². The Bertz CT molecular complexity index is 1090. The minimum absolute atomic E-state index is 0.252. The van der Waals surface area contributed by atoms with E-state index in [2.05, 4.69) is 102 Å². The number of hydrogen-bond acceptors (Lipinski definition) is 0. The van der Waals surface area contributed by atoms with Crippen LogP contribution in [0.25, 0.3) is 16.7 Å². The second-order valence-corrected chi connectivity index (χ2v) is 7.69. The van der Waals surface area contributed by atoms with Gasteiger partial charge in [0.25, 0.3) is 0 Å². The van der Waals surface area contributed by atoms with E-state index < -0.39 is 0 Å². The first-order chi connectivity index (χ1) is 12.2. The molecule has 0 amide bonds. The first kappa shape index (κ1) is 14.9. The van der Waals surface area contributed by atoms with Crippen LogP contribution in [-0.2, 0) is 5.41 Å². The predicted octanol–water partition coefficient (Wildman–Crippen LogP) is 6.74. The lowest BCUT2D eigenvalue weighted by Gasteiger charge is -2.31. The Hall–Kier alpha value is -2.38. The molecule has 1 heteroatoms. The summed E-state index contributed by atoms with van der Waals surface area (Å²) in [7, 11) is 0. The topological polar surface area (TPSA) is 0 Å². The van der Waals surface area contributed by atoms with Crippen LogP contribution in [0.15, 0.2) is 89.4 Å². The summed E-state index contributed by atoms with van der Waals surface area (Å²) in [6, 6.07) is 24.3. The number of rotatable bonds is 1. The highest BCUT2D eigenvalue weighted by atomic mass is 79.9. The molecule has 0 aliphatic heterocycles. The van der Waals surface area contributed by atoms with E-state index in [1.54, 1.807) is 0 Å². The van der Waals surface area contributed by atoms with Crippen molar-refractivity contribution in [3.63, 3.8) is 0 Å². The molecule has 0 heterocycles. The number of hydrogen-bond donors (Lipinski definition) is 0. The van der Waals surface area contributed by atoms with E-state index in [-0.39, 0.29) is 5.41 Å². The number of halogens is 1. The average molecular weight is 385 g/mol. The first-order valence-electron chi connectivity index (χ1n) is 8.53. The zero-order chi connectivity index (χ0) is 17.2. The van der Waals surface area contributed by atoms with Gasteiger partial charge in [0.2, 0.25) is 0 Å². The van der Waals surface area contributed by atoms with Gasteiger partial charge >= 0.3 is 0 Å². The zero-order valence-corrected chi connectivity index (χ0v) is 15.6. The van der Waals surface area contributed by atoms with Crippen molar-refractivity contribution < 1.29 is 0 Å². The Kier molecular flexibility index (Phi) is 3.02. The average Bonchev–Trinajstić information content (AvgIpc) is 3.07. The van der Waals surface area contributed by atoms with Crippen molar-refractivity contribution in [1.82, 2.24) is 0 Å². The fraction of sp³-hybridized carbons (Fsp3) is 0.0833. The third-order valence-corrected chi connectivity index (χ3v) is 6.25. The number of fused-ring (bicyclic) bond motifs is 7. The van der Waals surface area contributed by atoms with Gasteiger partial charge in [-0.25, -0.2) is 0 Å². The van der Waals surface area contributed by atoms with Crippen LogP contribution in [0.1, 0.15) is 29.2 Å². The van der Waals surface area contributed by atoms with Gasteiger partial charge in [-0.05, 0) is 63.6 Å². The lowest BCUT2D eigenvalue weighted by atomic mass is 9.69. The maximum Gasteiger partial charge on any atom is 0.0722 e. The van der Waals surface area contributed by atoms with E-state index >= 15 is 0 Å². The summed E-state index contributed by atoms with van der Waals surface area (Å²) in [6.45, 7) is 6.42. The molecule has 0 fully saturated rings. The molecule has 0 radical (unpaired) electrons. The minimum atomic E-state index is -0.252. The molecule has 2 aliphatic rings. The predicted molar refractivity (Wildman–Crippen MR) is 109 cm³/mol. The van der Waals surface area contributed by atoms with Crippen LogP contribution in [0.4, 0.5) is 0 Å². The van der Waals surface area contributed by atoms with Gasteiger partial charge in [0.15, 0.2) is 0 Å². The SMILES string of the molecule is C=CC1=C(C)c2ccccc2C12c1ccccc1-c1ccc(Br)cc12. The van der Waals surface area contributed by atoms with Gasteiger partial charge < -0.3 is 0 Å². The van der Waals surface area contributed by atoms with Crippen LogP contribution < -0.4 is 0 Å². The molecular weight excluding hydrogens is 368 g/mol. The lowest BCUT2D eigenvalue weighted by Crippen LogP contribution is -2.26. The van der Waals surface area contributed by atoms with Crippen LogP contribution in [0.3, 0.4) is 0 Å². The van der Waals surface area contributed by atoms with Crippen molar-refractivity contribution in [3.8, 4) is 11.1 Å². The van der Waals surface area contributed by atoms with E-state index in [0.29, 0.717) is 0 Å². The van der Waals surface area contributed by atoms with Crippen molar-refractivity contribution >= 4 is 21.5 Å². The normalized spacial score (nSPS) is 19.8. The van der Waals surface area contributed by atoms with Crippen molar-refractivity contribution in [2.75, 3.05) is 0 Å². The van der Waals surface area contributed by atoms with Crippen LogP contribution in [0, 0.1) is 0 Å². The third kappa shape index (κ3) is 1.67. The summed E-state index contributed by atoms with van der Waals surface area (Å²) < 4.78 is 1.11. The maximum absolute atomic E-state index is 4.19. The van der Waals surface area contributed by atoms with Gasteiger partial charge in [-0.15, -0.1) is 0 Å². The fourth-order valence-electron chi connectivity index (χ4n) is 4.85. The molecular formula is C24H17Br. The van der Waals surface area contributed by atoms with Gasteiger partial charge in [0, 0.05) is 4.47 Å². The fourth-order valence-corrected chi connectivity index (χ4v) is 5.21. The molecule has 0 nitrogen and oxygen atoms in total. The molecule has 1 unspecified atom stereocenters. The Balaban J connectivity index is 2.03. The Morgan fingerprint density at radius 1 is 0.800 bits per heavy atom. The molecule has 0 N–H and O–H groups in total. The summed E-state index contributed by atoms with van der Waals surface area (Å²) in [4.78, 5) is 0. The molecule has 1 spiro atoms. The van der Waals surface area contributed by atoms with E-state index in [4.69, 9.17) is 0 Å². The summed E-state index contributed by atoms with van der Waals surface area (Å²) in [5.74, 6) is 0. The molecule has 0 bridgehead atoms. The van der Waals surface area contributed by atoms with Gasteiger partial charge in [-0.2, -0.15) is 0 Å². The third-order valence-electron chi connectivity index (χ3n) is 5.75. The molecule has 3 aromatic carbocycles. The lowest BCUT2D eigenvalue weighted by molar-refractivity contribution is 0.785. The largest absolute Gasteiger partial charge is 0.0987 e. The van der Waals surface area contributed by atoms with Crippen molar-refractivity contribution in [2.24, 2.45) is 0 Å². The van der Waals surface area contributed by atoms with Crippen LogP contribution in [0.5, 0.6) is 0 Å². The Morgan fingerprint density at radius 3 is 2.12 bits per heavy atom. The number of allylic oxidation sites excluding steroid dienone is 3. The molecule has 25 heavy (non-hydrogen) atoms. The highest BCUT2D eigenvalue weighted by Gasteiger charge is 2.51. The van der Waals surface area contributed by atoms with Crippen molar-refractivity contribution in [3.05, 3.63) is 112 Å². The molecule has 0 saturated heterocycles. The minimum Gasteiger partial charge on any atom is -0.0987 e. The van der Waals surface area contributed by atoms with Gasteiger partial charge in [0.1, 0.15) is 0 Å². The van der Waals surface area contributed by atoms with Crippen LogP contribution >= 0.6 is 15.9 Å². The first-order valence-corrected chi connectivity index (χ1v) is 9.32. The summed E-state index contributed by atoms with van der Waals surface area (Å²) in [5, 5.41) is 0. The molecule has 2 aliphatic carbocycles. The Labute approximate surface area is 156 Å². The molecule has 1 atom stereocenters. The number of benzene rings is 3. The highest BCUT2D eigenvalue weighted by Crippen LogP contribution is 2.62. The molecule has 120 valence electrons. The van der Waals surface area contributed by atoms with Crippen LogP contribution in [0.2, 0.25) is 0 Å². The molecule has 0 saturated carbocycles. The molecule has 5 rings (SSSR count). The highest BCUT2D eigenvalue weighted by molar-refractivity contribution is 9.10. The summed E-state index contributed by atoms with van der Waals surface area (Å²) in [5.41, 5.74) is 10.4. The van der Waals surface area contributed by atoms with Crippen molar-refractivity contribution in [1.29, 1.82) is 0 Å². The smallest absolute Gasteiger partial charge is 0.0722 e. The summed E-state index contributed by atoms with van der Waals surface area (Å²) >= 11 is 3.70. The van der Waals surface area contributed by atoms with Gasteiger partial charge in [0.05, 0.1) is 5.41 Å². The second-order valence-electron chi connectivity index (χ2n) is 6.77. The quantitative estimate of drug-likeness (QED) is 0.435. The molecule has 3 aromatic rings. The van der Waals surface area contributed by atoms with E-state index in [0.717, 1.165) is 4.47 Å². The monoisotopic (exact) mass is 384 g/mol. The second kappa shape index (κ2) is 5.06.